The normalized spacial score (nSPS) is 11.2. The molecule has 1 aromatic carbocycles. The van der Waals surface area contributed by atoms with Crippen LogP contribution in [0.3, 0.4) is 0 Å². The predicted molar refractivity (Wildman–Crippen MR) is 88.6 cm³/mol. The molecule has 3 aromatic rings. The Morgan fingerprint density at radius 2 is 2.00 bits per heavy atom. The van der Waals surface area contributed by atoms with Crippen LogP contribution in [0.15, 0.2) is 66.0 Å². The minimum absolute atomic E-state index is 0.00128. The molecule has 0 saturated heterocycles. The lowest BCUT2D eigenvalue weighted by atomic mass is 10.1. The molecule has 0 spiro atoms. The number of Topliss-reactive ketones (excluding diaryl/α,β-unsaturated/α-hetero) is 1. The van der Waals surface area contributed by atoms with Crippen molar-refractivity contribution in [2.75, 3.05) is 4.72 Å². The zero-order valence-corrected chi connectivity index (χ0v) is 13.6. The van der Waals surface area contributed by atoms with E-state index in [1.807, 2.05) is 0 Å². The van der Waals surface area contributed by atoms with E-state index >= 15 is 0 Å². The van der Waals surface area contributed by atoms with Gasteiger partial charge >= 0.3 is 0 Å². The Morgan fingerprint density at radius 1 is 1.17 bits per heavy atom. The van der Waals surface area contributed by atoms with Gasteiger partial charge in [-0.2, -0.15) is 5.10 Å². The highest BCUT2D eigenvalue weighted by molar-refractivity contribution is 7.92. The number of hydrogen-bond acceptors (Lipinski definition) is 5. The monoisotopic (exact) mass is 342 g/mol. The first-order chi connectivity index (χ1) is 11.5. The van der Waals surface area contributed by atoms with E-state index in [1.165, 1.54) is 30.1 Å². The minimum atomic E-state index is -3.82. The quantitative estimate of drug-likeness (QED) is 0.718. The molecule has 1 N–H and O–H groups in total. The third-order valence-electron chi connectivity index (χ3n) is 3.27. The zero-order chi connectivity index (χ0) is 17.2. The van der Waals surface area contributed by atoms with Gasteiger partial charge in [0.1, 0.15) is 4.90 Å². The first-order valence-corrected chi connectivity index (χ1v) is 8.54. The van der Waals surface area contributed by atoms with Gasteiger partial charge < -0.3 is 0 Å². The van der Waals surface area contributed by atoms with Gasteiger partial charge in [0.15, 0.2) is 11.6 Å². The summed E-state index contributed by atoms with van der Waals surface area (Å²) in [5.41, 5.74) is 0.743. The van der Waals surface area contributed by atoms with E-state index in [9.17, 15) is 13.2 Å². The van der Waals surface area contributed by atoms with Crippen LogP contribution in [0.1, 0.15) is 17.3 Å². The van der Waals surface area contributed by atoms with Crippen LogP contribution in [-0.2, 0) is 10.0 Å². The van der Waals surface area contributed by atoms with Gasteiger partial charge in [-0.05, 0) is 31.2 Å². The van der Waals surface area contributed by atoms with Crippen molar-refractivity contribution in [2.45, 2.75) is 11.8 Å². The molecule has 2 heterocycles. The van der Waals surface area contributed by atoms with Crippen molar-refractivity contribution in [1.82, 2.24) is 14.8 Å². The van der Waals surface area contributed by atoms with Crippen molar-refractivity contribution < 1.29 is 13.2 Å². The van der Waals surface area contributed by atoms with Crippen molar-refractivity contribution in [1.29, 1.82) is 0 Å². The van der Waals surface area contributed by atoms with Crippen molar-refractivity contribution in [3.8, 4) is 5.82 Å². The molecule has 122 valence electrons. The average Bonchev–Trinajstić information content (AvgIpc) is 3.06. The van der Waals surface area contributed by atoms with E-state index in [0.29, 0.717) is 17.1 Å². The summed E-state index contributed by atoms with van der Waals surface area (Å²) < 4.78 is 28.7. The fourth-order valence-corrected chi connectivity index (χ4v) is 3.06. The van der Waals surface area contributed by atoms with E-state index in [-0.39, 0.29) is 10.7 Å². The van der Waals surface area contributed by atoms with Gasteiger partial charge in [-0.15, -0.1) is 0 Å². The zero-order valence-electron chi connectivity index (χ0n) is 12.7. The third kappa shape index (κ3) is 3.33. The number of benzene rings is 1. The van der Waals surface area contributed by atoms with Crippen LogP contribution < -0.4 is 4.72 Å². The Morgan fingerprint density at radius 3 is 2.71 bits per heavy atom. The Bertz CT molecular complexity index is 981. The number of sulfonamides is 1. The largest absolute Gasteiger partial charge is 0.295 e. The molecular formula is C16H14N4O3S. The number of pyridine rings is 1. The number of nitrogens with one attached hydrogen (secondary N) is 1. The lowest BCUT2D eigenvalue weighted by Crippen LogP contribution is -2.12. The minimum Gasteiger partial charge on any atom is -0.295 e. The highest BCUT2D eigenvalue weighted by Crippen LogP contribution is 2.18. The van der Waals surface area contributed by atoms with Crippen molar-refractivity contribution in [2.24, 2.45) is 0 Å². The molecule has 24 heavy (non-hydrogen) atoms. The van der Waals surface area contributed by atoms with Gasteiger partial charge in [-0.1, -0.05) is 18.2 Å². The summed E-state index contributed by atoms with van der Waals surface area (Å²) in [5.74, 6) is 0.372. The molecule has 0 unspecified atom stereocenters. The molecule has 0 fully saturated rings. The summed E-state index contributed by atoms with van der Waals surface area (Å²) in [6.07, 6.45) is 4.21. The summed E-state index contributed by atoms with van der Waals surface area (Å²) in [5, 5.41) is 4.02. The maximum atomic E-state index is 12.5. The number of carbonyl (C=O) groups is 1. The van der Waals surface area contributed by atoms with Gasteiger partial charge in [-0.3, -0.25) is 9.52 Å². The molecule has 0 atom stereocenters. The lowest BCUT2D eigenvalue weighted by molar-refractivity contribution is 0.101. The van der Waals surface area contributed by atoms with Crippen LogP contribution in [-0.4, -0.2) is 29.0 Å². The Balaban J connectivity index is 1.88. The van der Waals surface area contributed by atoms with Crippen LogP contribution >= 0.6 is 0 Å². The molecule has 0 aliphatic heterocycles. The third-order valence-corrected chi connectivity index (χ3v) is 4.61. The molecule has 3 rings (SSSR count). The number of carbonyl (C=O) groups excluding carboxylic acids is 1. The van der Waals surface area contributed by atoms with Crippen LogP contribution in [0.4, 0.5) is 5.69 Å². The maximum Gasteiger partial charge on any atom is 0.265 e. The van der Waals surface area contributed by atoms with Crippen LogP contribution in [0.5, 0.6) is 0 Å². The first-order valence-electron chi connectivity index (χ1n) is 7.05. The fourth-order valence-electron chi connectivity index (χ4n) is 2.08. The molecule has 0 aliphatic rings. The summed E-state index contributed by atoms with van der Waals surface area (Å²) in [6, 6.07) is 11.6. The second-order valence-corrected chi connectivity index (χ2v) is 6.73. The van der Waals surface area contributed by atoms with Gasteiger partial charge in [0.2, 0.25) is 0 Å². The van der Waals surface area contributed by atoms with Crippen molar-refractivity contribution in [3.63, 3.8) is 0 Å². The van der Waals surface area contributed by atoms with Gasteiger partial charge in [0.25, 0.3) is 10.0 Å². The molecule has 2 aromatic heterocycles. The second kappa shape index (κ2) is 6.25. The molecule has 0 saturated carbocycles. The predicted octanol–water partition coefficient (Wildman–Crippen LogP) is 2.27. The highest BCUT2D eigenvalue weighted by atomic mass is 32.2. The van der Waals surface area contributed by atoms with E-state index in [2.05, 4.69) is 14.8 Å². The molecule has 8 heteroatoms. The van der Waals surface area contributed by atoms with E-state index < -0.39 is 10.0 Å². The molecule has 0 bridgehead atoms. The molecule has 0 amide bonds. The Kier molecular flexibility index (Phi) is 4.13. The fraction of sp³-hybridized carbons (Fsp3) is 0.0625. The van der Waals surface area contributed by atoms with Gasteiger partial charge in [0, 0.05) is 17.4 Å². The molecular weight excluding hydrogens is 328 g/mol. The number of hydrogen-bond donors (Lipinski definition) is 1. The summed E-state index contributed by atoms with van der Waals surface area (Å²) in [4.78, 5) is 15.5. The summed E-state index contributed by atoms with van der Waals surface area (Å²) in [7, 11) is -3.82. The number of rotatable bonds is 5. The van der Waals surface area contributed by atoms with E-state index in [0.717, 1.165) is 0 Å². The second-order valence-electron chi connectivity index (χ2n) is 5.05. The highest BCUT2D eigenvalue weighted by Gasteiger charge is 2.17. The van der Waals surface area contributed by atoms with Crippen LogP contribution in [0, 0.1) is 0 Å². The van der Waals surface area contributed by atoms with E-state index in [1.54, 1.807) is 42.6 Å². The van der Waals surface area contributed by atoms with Crippen LogP contribution in [0.25, 0.3) is 5.82 Å². The molecule has 7 nitrogen and oxygen atoms in total. The average molecular weight is 342 g/mol. The lowest BCUT2D eigenvalue weighted by Gasteiger charge is -2.07. The Labute approximate surface area is 139 Å². The SMILES string of the molecule is CC(=O)c1cccc(NS(=O)(=O)c2cnn(-c3ccccn3)c2)c1. The standard InChI is InChI=1S/C16H14N4O3S/c1-12(21)13-5-4-6-14(9-13)19-24(22,23)15-10-18-20(11-15)16-7-2-3-8-17-16/h2-11,19H,1H3. The Hall–Kier alpha value is -3.00. The van der Waals surface area contributed by atoms with Gasteiger partial charge in [-0.25, -0.2) is 18.1 Å². The molecule has 0 radical (unpaired) electrons. The van der Waals surface area contributed by atoms with E-state index in [4.69, 9.17) is 0 Å². The maximum absolute atomic E-state index is 12.5. The number of aromatic nitrogens is 3. The number of ketones is 1. The van der Waals surface area contributed by atoms with Gasteiger partial charge in [0.05, 0.1) is 12.4 Å². The molecule has 0 aliphatic carbocycles. The number of anilines is 1. The summed E-state index contributed by atoms with van der Waals surface area (Å²) in [6.45, 7) is 1.42. The topological polar surface area (TPSA) is 94.0 Å². The first kappa shape index (κ1) is 15.9. The summed E-state index contributed by atoms with van der Waals surface area (Å²) >= 11 is 0. The smallest absolute Gasteiger partial charge is 0.265 e. The van der Waals surface area contributed by atoms with Crippen molar-refractivity contribution >= 4 is 21.5 Å². The van der Waals surface area contributed by atoms with Crippen LogP contribution in [0.2, 0.25) is 0 Å². The van der Waals surface area contributed by atoms with Crippen molar-refractivity contribution in [3.05, 3.63) is 66.6 Å². The number of nitrogens with zero attached hydrogens (tertiary/aromatic N) is 3.